The van der Waals surface area contributed by atoms with Crippen molar-refractivity contribution in [1.82, 2.24) is 0 Å². The van der Waals surface area contributed by atoms with Crippen LogP contribution in [0, 0.1) is 0 Å². The van der Waals surface area contributed by atoms with E-state index in [1.807, 2.05) is 0 Å². The number of hydrogen-bond donors (Lipinski definition) is 5. The predicted molar refractivity (Wildman–Crippen MR) is 53.4 cm³/mol. The third kappa shape index (κ3) is 3.11. The van der Waals surface area contributed by atoms with Crippen molar-refractivity contribution >= 4 is 0 Å². The molecule has 1 rings (SSSR count). The summed E-state index contributed by atoms with van der Waals surface area (Å²) >= 11 is 0. The zero-order chi connectivity index (χ0) is 12.1. The molecule has 0 bridgehead atoms. The number of hydrogen-bond acceptors (Lipinski definition) is 7. The third-order valence-electron chi connectivity index (χ3n) is 2.50. The molecule has 7 heteroatoms. The molecule has 0 amide bonds. The molecule has 0 aromatic rings. The minimum Gasteiger partial charge on any atom is -0.394 e. The first-order chi connectivity index (χ1) is 7.61. The van der Waals surface area contributed by atoms with E-state index < -0.39 is 37.3 Å². The van der Waals surface area contributed by atoms with Gasteiger partial charge in [0.25, 0.3) is 0 Å². The van der Waals surface area contributed by atoms with Gasteiger partial charge in [-0.2, -0.15) is 0 Å². The van der Waals surface area contributed by atoms with Crippen LogP contribution < -0.4 is 5.73 Å². The Balaban J connectivity index is 2.50. The van der Waals surface area contributed by atoms with E-state index in [0.717, 1.165) is 0 Å². The zero-order valence-corrected chi connectivity index (χ0v) is 8.90. The van der Waals surface area contributed by atoms with Crippen LogP contribution in [0.5, 0.6) is 0 Å². The summed E-state index contributed by atoms with van der Waals surface area (Å²) in [6.07, 6.45) is -5.39. The van der Waals surface area contributed by atoms with Crippen molar-refractivity contribution < 1.29 is 29.9 Å². The van der Waals surface area contributed by atoms with Gasteiger partial charge in [0.05, 0.1) is 6.61 Å². The fourth-order valence-electron chi connectivity index (χ4n) is 1.55. The maximum absolute atomic E-state index is 9.65. The fourth-order valence-corrected chi connectivity index (χ4v) is 1.55. The van der Waals surface area contributed by atoms with E-state index in [1.165, 1.54) is 0 Å². The van der Waals surface area contributed by atoms with Crippen LogP contribution in [0.25, 0.3) is 0 Å². The summed E-state index contributed by atoms with van der Waals surface area (Å²) in [5.74, 6) is 0. The van der Waals surface area contributed by atoms with Gasteiger partial charge in [-0.05, 0) is 13.0 Å². The van der Waals surface area contributed by atoms with Gasteiger partial charge in [0.2, 0.25) is 0 Å². The number of aliphatic hydroxyl groups is 4. The summed E-state index contributed by atoms with van der Waals surface area (Å²) < 4.78 is 10.1. The molecule has 0 radical (unpaired) electrons. The molecule has 0 aromatic heterocycles. The van der Waals surface area contributed by atoms with Crippen molar-refractivity contribution in [3.63, 3.8) is 0 Å². The minimum atomic E-state index is -1.37. The van der Waals surface area contributed by atoms with Crippen LogP contribution in [0.3, 0.4) is 0 Å². The molecule has 5 atom stereocenters. The molecule has 16 heavy (non-hydrogen) atoms. The van der Waals surface area contributed by atoms with Crippen LogP contribution in [-0.4, -0.2) is 70.9 Å². The highest BCUT2D eigenvalue weighted by Crippen LogP contribution is 2.22. The Morgan fingerprint density at radius 1 is 1.19 bits per heavy atom. The maximum Gasteiger partial charge on any atom is 0.184 e. The molecule has 96 valence electrons. The van der Waals surface area contributed by atoms with E-state index in [1.54, 1.807) is 0 Å². The summed E-state index contributed by atoms with van der Waals surface area (Å²) in [6, 6.07) is 0. The molecule has 0 aliphatic carbocycles. The van der Waals surface area contributed by atoms with Crippen molar-refractivity contribution in [2.45, 2.75) is 37.1 Å². The topological polar surface area (TPSA) is 125 Å². The second kappa shape index (κ2) is 6.45. The number of nitrogens with two attached hydrogens (primary N) is 1. The molecular formula is C9H19NO6. The quantitative estimate of drug-likeness (QED) is 0.326. The highest BCUT2D eigenvalue weighted by molar-refractivity contribution is 4.89. The van der Waals surface area contributed by atoms with Crippen LogP contribution >= 0.6 is 0 Å². The molecule has 1 aliphatic rings. The Morgan fingerprint density at radius 2 is 1.88 bits per heavy atom. The standard InChI is InChI=1S/C9H19NO6/c10-2-1-3-15-8-7(13)6(12)5(4-11)16-9(8)14/h5-9,11-14H,1-4,10H2/t5-,6-,7+,8+,9?/m1/s1. The molecule has 1 saturated heterocycles. The lowest BCUT2D eigenvalue weighted by Crippen LogP contribution is -2.59. The van der Waals surface area contributed by atoms with Crippen molar-refractivity contribution in [3.05, 3.63) is 0 Å². The van der Waals surface area contributed by atoms with Gasteiger partial charge in [-0.15, -0.1) is 0 Å². The Morgan fingerprint density at radius 3 is 2.44 bits per heavy atom. The molecule has 1 unspecified atom stereocenters. The van der Waals surface area contributed by atoms with Crippen molar-refractivity contribution in [3.8, 4) is 0 Å². The molecule has 0 saturated carbocycles. The van der Waals surface area contributed by atoms with Crippen LogP contribution in [0.1, 0.15) is 6.42 Å². The highest BCUT2D eigenvalue weighted by Gasteiger charge is 2.44. The first kappa shape index (κ1) is 13.8. The maximum atomic E-state index is 9.65. The van der Waals surface area contributed by atoms with Crippen molar-refractivity contribution in [2.75, 3.05) is 19.8 Å². The van der Waals surface area contributed by atoms with Crippen LogP contribution in [-0.2, 0) is 9.47 Å². The van der Waals surface area contributed by atoms with E-state index in [-0.39, 0.29) is 6.61 Å². The monoisotopic (exact) mass is 237 g/mol. The van der Waals surface area contributed by atoms with Crippen LogP contribution in [0.15, 0.2) is 0 Å². The molecule has 0 spiro atoms. The van der Waals surface area contributed by atoms with Gasteiger partial charge < -0.3 is 35.6 Å². The lowest BCUT2D eigenvalue weighted by Gasteiger charge is -2.39. The van der Waals surface area contributed by atoms with Crippen molar-refractivity contribution in [2.24, 2.45) is 5.73 Å². The lowest BCUT2D eigenvalue weighted by atomic mass is 9.99. The molecule has 6 N–H and O–H groups in total. The minimum absolute atomic E-state index is 0.259. The van der Waals surface area contributed by atoms with Gasteiger partial charge >= 0.3 is 0 Å². The van der Waals surface area contributed by atoms with Gasteiger partial charge in [0.15, 0.2) is 6.29 Å². The predicted octanol–water partition coefficient (Wildman–Crippen LogP) is -2.85. The van der Waals surface area contributed by atoms with Gasteiger partial charge in [-0.3, -0.25) is 0 Å². The first-order valence-corrected chi connectivity index (χ1v) is 5.24. The van der Waals surface area contributed by atoms with Crippen LogP contribution in [0.4, 0.5) is 0 Å². The molecule has 1 fully saturated rings. The molecule has 7 nitrogen and oxygen atoms in total. The van der Waals surface area contributed by atoms with Gasteiger partial charge in [0.1, 0.15) is 24.4 Å². The Labute approximate surface area is 93.4 Å². The average molecular weight is 237 g/mol. The van der Waals surface area contributed by atoms with Crippen molar-refractivity contribution in [1.29, 1.82) is 0 Å². The SMILES string of the molecule is NCCCO[C@@H]1C(O)O[C@H](CO)[C@@H](O)[C@@H]1O. The van der Waals surface area contributed by atoms with Gasteiger partial charge in [-0.25, -0.2) is 0 Å². The molecule has 0 aromatic carbocycles. The summed E-state index contributed by atoms with van der Waals surface area (Å²) in [5.41, 5.74) is 5.27. The summed E-state index contributed by atoms with van der Waals surface area (Å²) in [7, 11) is 0. The van der Waals surface area contributed by atoms with Gasteiger partial charge in [-0.1, -0.05) is 0 Å². The zero-order valence-electron chi connectivity index (χ0n) is 8.90. The highest BCUT2D eigenvalue weighted by atomic mass is 16.7. The number of aliphatic hydroxyl groups excluding tert-OH is 4. The first-order valence-electron chi connectivity index (χ1n) is 5.24. The smallest absolute Gasteiger partial charge is 0.184 e. The molecule has 1 heterocycles. The molecule has 1 aliphatic heterocycles. The molecular weight excluding hydrogens is 218 g/mol. The fraction of sp³-hybridized carbons (Fsp3) is 1.00. The second-order valence-corrected chi connectivity index (χ2v) is 3.71. The third-order valence-corrected chi connectivity index (χ3v) is 2.50. The lowest BCUT2D eigenvalue weighted by molar-refractivity contribution is -0.296. The Bertz CT molecular complexity index is 204. The number of rotatable bonds is 5. The van der Waals surface area contributed by atoms with Gasteiger partial charge in [0, 0.05) is 6.61 Å². The van der Waals surface area contributed by atoms with E-state index in [4.69, 9.17) is 20.3 Å². The summed E-state index contributed by atoms with van der Waals surface area (Å²) in [6.45, 7) is 0.210. The van der Waals surface area contributed by atoms with E-state index >= 15 is 0 Å². The summed E-state index contributed by atoms with van der Waals surface area (Å²) in [4.78, 5) is 0. The van der Waals surface area contributed by atoms with E-state index in [2.05, 4.69) is 0 Å². The number of ether oxygens (including phenoxy) is 2. The second-order valence-electron chi connectivity index (χ2n) is 3.71. The Hall–Kier alpha value is -0.280. The van der Waals surface area contributed by atoms with E-state index in [0.29, 0.717) is 13.0 Å². The largest absolute Gasteiger partial charge is 0.394 e. The average Bonchev–Trinajstić information content (AvgIpc) is 2.28. The Kier molecular flexibility index (Phi) is 5.56. The normalized spacial score (nSPS) is 39.9. The summed E-state index contributed by atoms with van der Waals surface area (Å²) in [5, 5.41) is 37.5. The van der Waals surface area contributed by atoms with E-state index in [9.17, 15) is 15.3 Å². The van der Waals surface area contributed by atoms with Crippen LogP contribution in [0.2, 0.25) is 0 Å².